The number of aryl methyl sites for hydroxylation is 2. The van der Waals surface area contributed by atoms with Gasteiger partial charge in [0, 0.05) is 13.1 Å². The molecule has 3 heterocycles. The molecular formula is C23H29N5O3. The SMILES string of the molecule is CCOC(=O)c1noc2nc(C)nc(NCC3CCN(Cc4cccc(C)c4)CC3)c12. The molecule has 1 saturated heterocycles. The van der Waals surface area contributed by atoms with Crippen molar-refractivity contribution < 1.29 is 14.1 Å². The second-order valence-electron chi connectivity index (χ2n) is 8.14. The molecule has 4 rings (SSSR count). The summed E-state index contributed by atoms with van der Waals surface area (Å²) < 4.78 is 10.4. The monoisotopic (exact) mass is 423 g/mol. The number of aromatic nitrogens is 3. The fourth-order valence-corrected chi connectivity index (χ4v) is 4.09. The predicted molar refractivity (Wildman–Crippen MR) is 118 cm³/mol. The molecule has 1 aromatic carbocycles. The quantitative estimate of drug-likeness (QED) is 0.575. The minimum absolute atomic E-state index is 0.118. The summed E-state index contributed by atoms with van der Waals surface area (Å²) in [6.45, 7) is 9.86. The molecular weight excluding hydrogens is 394 g/mol. The van der Waals surface area contributed by atoms with E-state index in [9.17, 15) is 4.79 Å². The van der Waals surface area contributed by atoms with Gasteiger partial charge in [0.05, 0.1) is 6.61 Å². The summed E-state index contributed by atoms with van der Waals surface area (Å²) in [6.07, 6.45) is 2.22. The number of fused-ring (bicyclic) bond motifs is 1. The number of hydrogen-bond donors (Lipinski definition) is 1. The Morgan fingerprint density at radius 2 is 2.06 bits per heavy atom. The van der Waals surface area contributed by atoms with Crippen molar-refractivity contribution in [1.82, 2.24) is 20.0 Å². The van der Waals surface area contributed by atoms with Crippen molar-refractivity contribution >= 4 is 22.9 Å². The molecule has 0 atom stereocenters. The molecule has 2 aromatic heterocycles. The van der Waals surface area contributed by atoms with E-state index in [1.165, 1.54) is 11.1 Å². The van der Waals surface area contributed by atoms with Crippen LogP contribution in [0, 0.1) is 19.8 Å². The average molecular weight is 424 g/mol. The lowest BCUT2D eigenvalue weighted by atomic mass is 9.96. The van der Waals surface area contributed by atoms with Gasteiger partial charge in [0.1, 0.15) is 17.0 Å². The smallest absolute Gasteiger partial charge is 0.361 e. The van der Waals surface area contributed by atoms with E-state index < -0.39 is 5.97 Å². The Hall–Kier alpha value is -3.00. The second-order valence-corrected chi connectivity index (χ2v) is 8.14. The van der Waals surface area contributed by atoms with Crippen LogP contribution in [0.25, 0.3) is 11.1 Å². The number of nitrogens with one attached hydrogen (secondary N) is 1. The van der Waals surface area contributed by atoms with E-state index in [0.717, 1.165) is 39.0 Å². The number of hydrogen-bond acceptors (Lipinski definition) is 8. The van der Waals surface area contributed by atoms with Gasteiger partial charge in [-0.2, -0.15) is 4.98 Å². The van der Waals surface area contributed by atoms with Gasteiger partial charge in [0.15, 0.2) is 0 Å². The van der Waals surface area contributed by atoms with E-state index in [4.69, 9.17) is 9.26 Å². The predicted octanol–water partition coefficient (Wildman–Crippen LogP) is 3.74. The van der Waals surface area contributed by atoms with Crippen molar-refractivity contribution in [2.24, 2.45) is 5.92 Å². The summed E-state index contributed by atoms with van der Waals surface area (Å²) in [4.78, 5) is 23.5. The summed E-state index contributed by atoms with van der Waals surface area (Å²) in [6, 6.07) is 8.72. The summed E-state index contributed by atoms with van der Waals surface area (Å²) in [5.41, 5.74) is 3.09. The van der Waals surface area contributed by atoms with Crippen LogP contribution in [0.2, 0.25) is 0 Å². The minimum Gasteiger partial charge on any atom is -0.461 e. The van der Waals surface area contributed by atoms with Crippen LogP contribution in [0.3, 0.4) is 0 Å². The number of benzene rings is 1. The van der Waals surface area contributed by atoms with Crippen LogP contribution in [0.4, 0.5) is 5.82 Å². The van der Waals surface area contributed by atoms with Gasteiger partial charge in [-0.1, -0.05) is 35.0 Å². The van der Waals surface area contributed by atoms with Crippen molar-refractivity contribution in [3.8, 4) is 0 Å². The van der Waals surface area contributed by atoms with E-state index in [2.05, 4.69) is 56.5 Å². The third-order valence-electron chi connectivity index (χ3n) is 5.67. The van der Waals surface area contributed by atoms with E-state index >= 15 is 0 Å². The molecule has 0 aliphatic carbocycles. The largest absolute Gasteiger partial charge is 0.461 e. The number of nitrogens with zero attached hydrogens (tertiary/aromatic N) is 4. The maximum absolute atomic E-state index is 12.2. The Morgan fingerprint density at radius 1 is 1.26 bits per heavy atom. The number of carbonyl (C=O) groups is 1. The molecule has 1 N–H and O–H groups in total. The molecule has 1 aliphatic rings. The molecule has 1 fully saturated rings. The highest BCUT2D eigenvalue weighted by Gasteiger charge is 2.24. The van der Waals surface area contributed by atoms with Crippen molar-refractivity contribution in [2.75, 3.05) is 31.6 Å². The Bertz CT molecular complexity index is 1060. The third-order valence-corrected chi connectivity index (χ3v) is 5.67. The van der Waals surface area contributed by atoms with E-state index in [1.807, 2.05) is 0 Å². The van der Waals surface area contributed by atoms with Crippen LogP contribution in [-0.4, -0.2) is 52.2 Å². The van der Waals surface area contributed by atoms with Crippen molar-refractivity contribution in [2.45, 2.75) is 40.2 Å². The standard InChI is InChI=1S/C23H29N5O3/c1-4-30-23(29)20-19-21(25-16(3)26-22(19)31-27-20)24-13-17-8-10-28(11-9-17)14-18-7-5-6-15(2)12-18/h5-7,12,17H,4,8-11,13-14H2,1-3H3,(H,24,25,26). The highest BCUT2D eigenvalue weighted by atomic mass is 16.5. The van der Waals surface area contributed by atoms with Crippen LogP contribution in [0.15, 0.2) is 28.8 Å². The van der Waals surface area contributed by atoms with E-state index in [-0.39, 0.29) is 12.3 Å². The Balaban J connectivity index is 1.38. The molecule has 164 valence electrons. The highest BCUT2D eigenvalue weighted by molar-refractivity contribution is 6.04. The zero-order valence-electron chi connectivity index (χ0n) is 18.4. The first-order valence-electron chi connectivity index (χ1n) is 10.9. The van der Waals surface area contributed by atoms with Crippen molar-refractivity contribution in [1.29, 1.82) is 0 Å². The number of piperidine rings is 1. The lowest BCUT2D eigenvalue weighted by Gasteiger charge is -2.32. The topological polar surface area (TPSA) is 93.4 Å². The Morgan fingerprint density at radius 3 is 2.81 bits per heavy atom. The Kier molecular flexibility index (Phi) is 6.46. The molecule has 1 aliphatic heterocycles. The molecule has 0 spiro atoms. The molecule has 3 aromatic rings. The van der Waals surface area contributed by atoms with Crippen LogP contribution >= 0.6 is 0 Å². The highest BCUT2D eigenvalue weighted by Crippen LogP contribution is 2.26. The summed E-state index contributed by atoms with van der Waals surface area (Å²) >= 11 is 0. The molecule has 0 radical (unpaired) electrons. The molecule has 0 saturated carbocycles. The number of carbonyl (C=O) groups excluding carboxylic acids is 1. The first-order chi connectivity index (χ1) is 15.0. The van der Waals surface area contributed by atoms with Gasteiger partial charge in [0.25, 0.3) is 5.71 Å². The second kappa shape index (κ2) is 9.43. The van der Waals surface area contributed by atoms with E-state index in [1.54, 1.807) is 13.8 Å². The van der Waals surface area contributed by atoms with Crippen LogP contribution in [0.5, 0.6) is 0 Å². The summed E-state index contributed by atoms with van der Waals surface area (Å²) in [7, 11) is 0. The first kappa shape index (κ1) is 21.2. The Labute approximate surface area is 182 Å². The lowest BCUT2D eigenvalue weighted by Crippen LogP contribution is -2.35. The lowest BCUT2D eigenvalue weighted by molar-refractivity contribution is 0.0517. The number of esters is 1. The first-order valence-corrected chi connectivity index (χ1v) is 10.9. The summed E-state index contributed by atoms with van der Waals surface area (Å²) in [5.74, 6) is 1.15. The fraction of sp³-hybridized carbons (Fsp3) is 0.478. The molecule has 31 heavy (non-hydrogen) atoms. The van der Waals surface area contributed by atoms with Crippen LogP contribution < -0.4 is 5.32 Å². The zero-order chi connectivity index (χ0) is 21.8. The number of anilines is 1. The van der Waals surface area contributed by atoms with Gasteiger partial charge in [-0.15, -0.1) is 0 Å². The third kappa shape index (κ3) is 5.02. The molecule has 8 nitrogen and oxygen atoms in total. The van der Waals surface area contributed by atoms with E-state index in [0.29, 0.717) is 28.7 Å². The number of rotatable bonds is 7. The van der Waals surface area contributed by atoms with Gasteiger partial charge in [-0.05, 0) is 58.2 Å². The molecule has 0 amide bonds. The average Bonchev–Trinajstić information content (AvgIpc) is 3.17. The van der Waals surface area contributed by atoms with Crippen LogP contribution in [-0.2, 0) is 11.3 Å². The van der Waals surface area contributed by atoms with Crippen LogP contribution in [0.1, 0.15) is 47.2 Å². The molecule has 8 heteroatoms. The minimum atomic E-state index is -0.527. The number of ether oxygens (including phenoxy) is 1. The molecule has 0 unspecified atom stereocenters. The normalized spacial score (nSPS) is 15.3. The van der Waals surface area contributed by atoms with Gasteiger partial charge in [-0.3, -0.25) is 4.90 Å². The number of likely N-dealkylation sites (tertiary alicyclic amines) is 1. The maximum Gasteiger partial charge on any atom is 0.361 e. The van der Waals surface area contributed by atoms with Gasteiger partial charge in [0.2, 0.25) is 5.69 Å². The maximum atomic E-state index is 12.2. The zero-order valence-corrected chi connectivity index (χ0v) is 18.4. The van der Waals surface area contributed by atoms with Gasteiger partial charge >= 0.3 is 5.97 Å². The fourth-order valence-electron chi connectivity index (χ4n) is 4.09. The van der Waals surface area contributed by atoms with Gasteiger partial charge in [-0.25, -0.2) is 9.78 Å². The van der Waals surface area contributed by atoms with Crippen molar-refractivity contribution in [3.63, 3.8) is 0 Å². The van der Waals surface area contributed by atoms with Crippen molar-refractivity contribution in [3.05, 3.63) is 46.9 Å². The summed E-state index contributed by atoms with van der Waals surface area (Å²) in [5, 5.41) is 7.77. The molecule has 0 bridgehead atoms. The van der Waals surface area contributed by atoms with Gasteiger partial charge < -0.3 is 14.6 Å².